The Hall–Kier alpha value is -2.36. The minimum atomic E-state index is -0.940. The Morgan fingerprint density at radius 1 is 0.889 bits per heavy atom. The van der Waals surface area contributed by atoms with Gasteiger partial charge in [-0.3, -0.25) is 9.59 Å². The van der Waals surface area contributed by atoms with Crippen molar-refractivity contribution in [2.45, 2.75) is 12.7 Å². The summed E-state index contributed by atoms with van der Waals surface area (Å²) in [6, 6.07) is 13.2. The van der Waals surface area contributed by atoms with Gasteiger partial charge in [-0.25, -0.2) is 0 Å². The molecule has 1 aliphatic rings. The number of cyclic esters (lactones) is 2. The quantitative estimate of drug-likeness (QED) is 0.569. The van der Waals surface area contributed by atoms with Gasteiger partial charge in [0, 0.05) is 5.56 Å². The van der Waals surface area contributed by atoms with Crippen LogP contribution in [-0.2, 0) is 19.1 Å². The van der Waals surface area contributed by atoms with Crippen LogP contribution in [0.5, 0.6) is 0 Å². The van der Waals surface area contributed by atoms with Crippen LogP contribution in [0.4, 0.5) is 0 Å². The second-order valence-electron chi connectivity index (χ2n) is 4.06. The average molecular weight is 242 g/mol. The number of ether oxygens (including phenoxy) is 2. The van der Waals surface area contributed by atoms with E-state index in [9.17, 15) is 9.59 Å². The number of rotatable bonds is 1. The third-order valence-electron chi connectivity index (χ3n) is 2.84. The molecule has 1 aliphatic heterocycles. The zero-order valence-electron chi connectivity index (χ0n) is 9.46. The third kappa shape index (κ3) is 1.82. The van der Waals surface area contributed by atoms with Gasteiger partial charge in [0.25, 0.3) is 6.29 Å². The van der Waals surface area contributed by atoms with E-state index in [4.69, 9.17) is 9.47 Å². The van der Waals surface area contributed by atoms with Gasteiger partial charge in [-0.2, -0.15) is 0 Å². The van der Waals surface area contributed by atoms with Gasteiger partial charge >= 0.3 is 11.9 Å². The summed E-state index contributed by atoms with van der Waals surface area (Å²) < 4.78 is 10.1. The first-order valence-electron chi connectivity index (χ1n) is 5.61. The summed E-state index contributed by atoms with van der Waals surface area (Å²) >= 11 is 0. The largest absolute Gasteiger partial charge is 0.420 e. The Bertz CT molecular complexity index is 611. The molecule has 18 heavy (non-hydrogen) atoms. The summed E-state index contributed by atoms with van der Waals surface area (Å²) in [4.78, 5) is 22.5. The van der Waals surface area contributed by atoms with Crippen molar-refractivity contribution in [1.82, 2.24) is 0 Å². The highest BCUT2D eigenvalue weighted by molar-refractivity contribution is 5.93. The number of hydrogen-bond donors (Lipinski definition) is 0. The molecule has 4 heteroatoms. The van der Waals surface area contributed by atoms with Crippen LogP contribution in [0.3, 0.4) is 0 Å². The molecule has 4 nitrogen and oxygen atoms in total. The van der Waals surface area contributed by atoms with Crippen LogP contribution < -0.4 is 0 Å². The lowest BCUT2D eigenvalue weighted by Gasteiger charge is -2.23. The fraction of sp³-hybridized carbons (Fsp3) is 0.143. The van der Waals surface area contributed by atoms with Crippen LogP contribution in [0.1, 0.15) is 18.3 Å². The Labute approximate surface area is 103 Å². The lowest BCUT2D eigenvalue weighted by atomic mass is 10.0. The fourth-order valence-electron chi connectivity index (χ4n) is 2.05. The number of benzene rings is 2. The molecular weight excluding hydrogens is 232 g/mol. The highest BCUT2D eigenvalue weighted by atomic mass is 16.7. The van der Waals surface area contributed by atoms with E-state index in [2.05, 4.69) is 0 Å². The molecule has 90 valence electrons. The number of carbonyl (C=O) groups is 2. The summed E-state index contributed by atoms with van der Waals surface area (Å²) in [7, 11) is 0. The molecule has 2 aromatic carbocycles. The SMILES string of the molecule is O=C1CC(=O)OC(c2cccc3ccccc23)O1. The van der Waals surface area contributed by atoms with E-state index >= 15 is 0 Å². The Morgan fingerprint density at radius 3 is 2.33 bits per heavy atom. The van der Waals surface area contributed by atoms with Crippen molar-refractivity contribution in [1.29, 1.82) is 0 Å². The number of carbonyl (C=O) groups excluding carboxylic acids is 2. The topological polar surface area (TPSA) is 52.6 Å². The minimum absolute atomic E-state index is 0.318. The third-order valence-corrected chi connectivity index (χ3v) is 2.84. The Kier molecular flexibility index (Phi) is 2.48. The van der Waals surface area contributed by atoms with Crippen LogP contribution in [0, 0.1) is 0 Å². The average Bonchev–Trinajstić information content (AvgIpc) is 2.37. The van der Waals surface area contributed by atoms with E-state index in [0.717, 1.165) is 10.8 Å². The zero-order chi connectivity index (χ0) is 12.5. The second kappa shape index (κ2) is 4.14. The van der Waals surface area contributed by atoms with Gasteiger partial charge in [0.2, 0.25) is 0 Å². The van der Waals surface area contributed by atoms with E-state index < -0.39 is 18.2 Å². The standard InChI is InChI=1S/C14H10O4/c15-12-8-13(16)18-14(17-12)11-7-3-5-9-4-1-2-6-10(9)11/h1-7,14H,8H2. The van der Waals surface area contributed by atoms with Crippen LogP contribution in [0.2, 0.25) is 0 Å². The van der Waals surface area contributed by atoms with Crippen LogP contribution in [-0.4, -0.2) is 11.9 Å². The summed E-state index contributed by atoms with van der Waals surface area (Å²) in [6.07, 6.45) is -1.26. The lowest BCUT2D eigenvalue weighted by molar-refractivity contribution is -0.204. The zero-order valence-corrected chi connectivity index (χ0v) is 9.46. The predicted octanol–water partition coefficient (Wildman–Crippen LogP) is 2.33. The maximum absolute atomic E-state index is 11.3. The van der Waals surface area contributed by atoms with Crippen molar-refractivity contribution in [3.63, 3.8) is 0 Å². The molecule has 0 aromatic heterocycles. The molecule has 0 amide bonds. The monoisotopic (exact) mass is 242 g/mol. The van der Waals surface area contributed by atoms with Gasteiger partial charge in [0.1, 0.15) is 6.42 Å². The summed E-state index contributed by atoms with van der Waals surface area (Å²) in [5, 5.41) is 1.92. The van der Waals surface area contributed by atoms with Gasteiger partial charge in [-0.15, -0.1) is 0 Å². The van der Waals surface area contributed by atoms with E-state index in [-0.39, 0.29) is 6.42 Å². The molecule has 1 heterocycles. The number of hydrogen-bond acceptors (Lipinski definition) is 4. The van der Waals surface area contributed by atoms with Crippen LogP contribution in [0.25, 0.3) is 10.8 Å². The molecule has 0 bridgehead atoms. The summed E-state index contributed by atoms with van der Waals surface area (Å²) in [5.74, 6) is -1.10. The lowest BCUT2D eigenvalue weighted by Crippen LogP contribution is -2.26. The van der Waals surface area contributed by atoms with Gasteiger partial charge in [-0.1, -0.05) is 42.5 Å². The van der Waals surface area contributed by atoms with Crippen molar-refractivity contribution < 1.29 is 19.1 Å². The van der Waals surface area contributed by atoms with Gasteiger partial charge in [-0.05, 0) is 10.8 Å². The smallest absolute Gasteiger partial charge is 0.320 e. The van der Waals surface area contributed by atoms with Crippen molar-refractivity contribution in [3.05, 3.63) is 48.0 Å². The summed E-state index contributed by atoms with van der Waals surface area (Å²) in [5.41, 5.74) is 0.689. The summed E-state index contributed by atoms with van der Waals surface area (Å²) in [6.45, 7) is 0. The molecule has 0 aliphatic carbocycles. The molecule has 1 saturated heterocycles. The molecule has 0 saturated carbocycles. The molecule has 0 N–H and O–H groups in total. The van der Waals surface area contributed by atoms with Crippen LogP contribution in [0.15, 0.2) is 42.5 Å². The second-order valence-corrected chi connectivity index (χ2v) is 4.06. The normalized spacial score (nSPS) is 16.4. The van der Waals surface area contributed by atoms with Crippen molar-refractivity contribution in [2.24, 2.45) is 0 Å². The van der Waals surface area contributed by atoms with Crippen molar-refractivity contribution >= 4 is 22.7 Å². The maximum atomic E-state index is 11.3. The van der Waals surface area contributed by atoms with E-state index in [1.807, 2.05) is 36.4 Å². The molecule has 0 radical (unpaired) electrons. The Balaban J connectivity index is 2.08. The Morgan fingerprint density at radius 2 is 1.56 bits per heavy atom. The van der Waals surface area contributed by atoms with Gasteiger partial charge in [0.15, 0.2) is 0 Å². The van der Waals surface area contributed by atoms with Crippen molar-refractivity contribution in [2.75, 3.05) is 0 Å². The minimum Gasteiger partial charge on any atom is -0.420 e. The van der Waals surface area contributed by atoms with E-state index in [1.165, 1.54) is 0 Å². The predicted molar refractivity (Wildman–Crippen MR) is 63.5 cm³/mol. The van der Waals surface area contributed by atoms with E-state index in [0.29, 0.717) is 5.56 Å². The molecule has 0 spiro atoms. The van der Waals surface area contributed by atoms with Gasteiger partial charge in [0.05, 0.1) is 0 Å². The molecule has 2 aromatic rings. The number of fused-ring (bicyclic) bond motifs is 1. The highest BCUT2D eigenvalue weighted by Gasteiger charge is 2.29. The highest BCUT2D eigenvalue weighted by Crippen LogP contribution is 2.30. The first kappa shape index (κ1) is 10.8. The first-order chi connectivity index (χ1) is 8.74. The fourth-order valence-corrected chi connectivity index (χ4v) is 2.05. The first-order valence-corrected chi connectivity index (χ1v) is 5.61. The molecule has 0 unspecified atom stereocenters. The molecule has 3 rings (SSSR count). The number of esters is 2. The van der Waals surface area contributed by atoms with Gasteiger partial charge < -0.3 is 9.47 Å². The molecule has 1 fully saturated rings. The maximum Gasteiger partial charge on any atom is 0.320 e. The van der Waals surface area contributed by atoms with Crippen LogP contribution >= 0.6 is 0 Å². The molecule has 0 atom stereocenters. The van der Waals surface area contributed by atoms with Crippen molar-refractivity contribution in [3.8, 4) is 0 Å². The molecular formula is C14H10O4. The van der Waals surface area contributed by atoms with E-state index in [1.54, 1.807) is 6.07 Å².